The number of hydrogen-bond acceptors (Lipinski definition) is 3. The van der Waals surface area contributed by atoms with E-state index >= 15 is 0 Å². The Morgan fingerprint density at radius 2 is 2.15 bits per heavy atom. The van der Waals surface area contributed by atoms with E-state index in [1.54, 1.807) is 29.8 Å². The van der Waals surface area contributed by atoms with Crippen LogP contribution in [0.25, 0.3) is 0 Å². The van der Waals surface area contributed by atoms with Crippen LogP contribution in [0.2, 0.25) is 0 Å². The molecule has 0 saturated carbocycles. The average Bonchev–Trinajstić information content (AvgIpc) is 2.86. The SMILES string of the molecule is CNCCN(C)C(=O)c1ccc2c(c1)CCN2C(C)=O. The molecule has 20 heavy (non-hydrogen) atoms. The average molecular weight is 275 g/mol. The minimum atomic E-state index is 0.0179. The molecule has 0 unspecified atom stereocenters. The molecule has 5 heteroatoms. The molecule has 0 atom stereocenters. The van der Waals surface area contributed by atoms with E-state index in [1.807, 2.05) is 19.2 Å². The Kier molecular flexibility index (Phi) is 4.39. The van der Waals surface area contributed by atoms with Gasteiger partial charge in [0.25, 0.3) is 5.91 Å². The highest BCUT2D eigenvalue weighted by Gasteiger charge is 2.23. The molecule has 2 amide bonds. The molecule has 108 valence electrons. The normalized spacial score (nSPS) is 13.2. The largest absolute Gasteiger partial charge is 0.340 e. The summed E-state index contributed by atoms with van der Waals surface area (Å²) in [5.74, 6) is 0.0679. The Hall–Kier alpha value is -1.88. The Morgan fingerprint density at radius 3 is 2.80 bits per heavy atom. The van der Waals surface area contributed by atoms with Crippen LogP contribution in [-0.2, 0) is 11.2 Å². The second-order valence-corrected chi connectivity index (χ2v) is 5.09. The lowest BCUT2D eigenvalue weighted by atomic mass is 10.1. The third kappa shape index (κ3) is 2.82. The van der Waals surface area contributed by atoms with Gasteiger partial charge in [-0.2, -0.15) is 0 Å². The van der Waals surface area contributed by atoms with Crippen LogP contribution >= 0.6 is 0 Å². The monoisotopic (exact) mass is 275 g/mol. The number of nitrogens with one attached hydrogen (secondary N) is 1. The molecule has 0 saturated heterocycles. The standard InChI is InChI=1S/C15H21N3O2/c1-11(19)18-8-6-12-10-13(4-5-14(12)18)15(20)17(3)9-7-16-2/h4-5,10,16H,6-9H2,1-3H3. The zero-order valence-electron chi connectivity index (χ0n) is 12.3. The molecule has 0 bridgehead atoms. The van der Waals surface area contributed by atoms with E-state index in [-0.39, 0.29) is 11.8 Å². The fraction of sp³-hybridized carbons (Fsp3) is 0.467. The van der Waals surface area contributed by atoms with Crippen molar-refractivity contribution in [3.05, 3.63) is 29.3 Å². The van der Waals surface area contributed by atoms with E-state index in [4.69, 9.17) is 0 Å². The van der Waals surface area contributed by atoms with Crippen molar-refractivity contribution in [2.75, 3.05) is 38.6 Å². The van der Waals surface area contributed by atoms with Gasteiger partial charge in [0.2, 0.25) is 5.91 Å². The maximum absolute atomic E-state index is 12.3. The summed E-state index contributed by atoms with van der Waals surface area (Å²) < 4.78 is 0. The lowest BCUT2D eigenvalue weighted by Gasteiger charge is -2.18. The molecule has 0 aromatic heterocycles. The van der Waals surface area contributed by atoms with Gasteiger partial charge in [0, 0.05) is 44.9 Å². The van der Waals surface area contributed by atoms with Crippen LogP contribution in [0.3, 0.4) is 0 Å². The predicted octanol–water partition coefficient (Wildman–Crippen LogP) is 0.887. The molecule has 1 N–H and O–H groups in total. The van der Waals surface area contributed by atoms with Crippen LogP contribution in [0, 0.1) is 0 Å². The summed E-state index contributed by atoms with van der Waals surface area (Å²) in [4.78, 5) is 27.2. The lowest BCUT2D eigenvalue weighted by Crippen LogP contribution is -2.32. The molecule has 0 aliphatic carbocycles. The van der Waals surface area contributed by atoms with E-state index in [1.165, 1.54) is 0 Å². The fourth-order valence-electron chi connectivity index (χ4n) is 2.46. The van der Waals surface area contributed by atoms with Gasteiger partial charge < -0.3 is 15.1 Å². The third-order valence-electron chi connectivity index (χ3n) is 3.65. The lowest BCUT2D eigenvalue weighted by molar-refractivity contribution is -0.116. The maximum Gasteiger partial charge on any atom is 0.253 e. The van der Waals surface area contributed by atoms with Crippen molar-refractivity contribution in [3.8, 4) is 0 Å². The van der Waals surface area contributed by atoms with Crippen molar-refractivity contribution in [1.29, 1.82) is 0 Å². The number of fused-ring (bicyclic) bond motifs is 1. The van der Waals surface area contributed by atoms with Crippen molar-refractivity contribution in [1.82, 2.24) is 10.2 Å². The molecule has 1 aromatic rings. The summed E-state index contributed by atoms with van der Waals surface area (Å²) in [5, 5.41) is 3.03. The van der Waals surface area contributed by atoms with Crippen LogP contribution in [0.15, 0.2) is 18.2 Å². The van der Waals surface area contributed by atoms with Crippen LogP contribution in [0.1, 0.15) is 22.8 Å². The Balaban J connectivity index is 2.16. The Bertz CT molecular complexity index is 528. The second kappa shape index (κ2) is 6.05. The van der Waals surface area contributed by atoms with Gasteiger partial charge in [0.05, 0.1) is 0 Å². The number of carbonyl (C=O) groups excluding carboxylic acids is 2. The van der Waals surface area contributed by atoms with Crippen LogP contribution in [0.4, 0.5) is 5.69 Å². The van der Waals surface area contributed by atoms with Crippen molar-refractivity contribution in [2.24, 2.45) is 0 Å². The number of anilines is 1. The molecular weight excluding hydrogens is 254 g/mol. The molecule has 0 radical (unpaired) electrons. The first-order valence-corrected chi connectivity index (χ1v) is 6.85. The number of hydrogen-bond donors (Lipinski definition) is 1. The topological polar surface area (TPSA) is 52.7 Å². The molecule has 1 aliphatic heterocycles. The molecular formula is C15H21N3O2. The number of likely N-dealkylation sites (N-methyl/N-ethyl adjacent to an activating group) is 2. The number of carbonyl (C=O) groups is 2. The van der Waals surface area contributed by atoms with E-state index < -0.39 is 0 Å². The minimum absolute atomic E-state index is 0.0179. The number of nitrogens with zero attached hydrogens (tertiary/aromatic N) is 2. The van der Waals surface area contributed by atoms with Crippen molar-refractivity contribution >= 4 is 17.5 Å². The first kappa shape index (κ1) is 14.5. The highest BCUT2D eigenvalue weighted by molar-refractivity contribution is 5.97. The third-order valence-corrected chi connectivity index (χ3v) is 3.65. The number of benzene rings is 1. The summed E-state index contributed by atoms with van der Waals surface area (Å²) in [7, 11) is 3.67. The molecule has 2 rings (SSSR count). The van der Waals surface area contributed by atoms with Crippen LogP contribution in [0.5, 0.6) is 0 Å². The van der Waals surface area contributed by atoms with Crippen molar-refractivity contribution in [2.45, 2.75) is 13.3 Å². The number of amides is 2. The van der Waals surface area contributed by atoms with E-state index in [2.05, 4.69) is 5.32 Å². The fourth-order valence-corrected chi connectivity index (χ4v) is 2.46. The zero-order valence-corrected chi connectivity index (χ0v) is 12.3. The number of rotatable bonds is 4. The smallest absolute Gasteiger partial charge is 0.253 e. The summed E-state index contributed by atoms with van der Waals surface area (Å²) in [6.45, 7) is 3.72. The second-order valence-electron chi connectivity index (χ2n) is 5.09. The van der Waals surface area contributed by atoms with Gasteiger partial charge in [-0.15, -0.1) is 0 Å². The molecule has 1 aliphatic rings. The maximum atomic E-state index is 12.3. The highest BCUT2D eigenvalue weighted by atomic mass is 16.2. The van der Waals surface area contributed by atoms with Gasteiger partial charge in [0.15, 0.2) is 0 Å². The van der Waals surface area contributed by atoms with Crippen molar-refractivity contribution < 1.29 is 9.59 Å². The summed E-state index contributed by atoms with van der Waals surface area (Å²) in [6, 6.07) is 5.59. The molecule has 0 fully saturated rings. The zero-order chi connectivity index (χ0) is 14.7. The predicted molar refractivity (Wildman–Crippen MR) is 79.1 cm³/mol. The summed E-state index contributed by atoms with van der Waals surface area (Å²) in [6.07, 6.45) is 0.816. The van der Waals surface area contributed by atoms with Gasteiger partial charge >= 0.3 is 0 Å². The Labute approximate surface area is 119 Å². The van der Waals surface area contributed by atoms with Gasteiger partial charge in [-0.05, 0) is 37.2 Å². The van der Waals surface area contributed by atoms with E-state index in [0.29, 0.717) is 18.7 Å². The first-order chi connectivity index (χ1) is 9.54. The highest BCUT2D eigenvalue weighted by Crippen LogP contribution is 2.29. The van der Waals surface area contributed by atoms with E-state index in [9.17, 15) is 9.59 Å². The van der Waals surface area contributed by atoms with Crippen LogP contribution in [-0.4, -0.2) is 50.4 Å². The summed E-state index contributed by atoms with van der Waals surface area (Å²) in [5.41, 5.74) is 2.70. The van der Waals surface area contributed by atoms with Gasteiger partial charge in [-0.1, -0.05) is 0 Å². The Morgan fingerprint density at radius 1 is 1.40 bits per heavy atom. The molecule has 0 spiro atoms. The summed E-state index contributed by atoms with van der Waals surface area (Å²) >= 11 is 0. The molecule has 1 heterocycles. The van der Waals surface area contributed by atoms with Crippen LogP contribution < -0.4 is 10.2 Å². The van der Waals surface area contributed by atoms with Gasteiger partial charge in [-0.3, -0.25) is 9.59 Å². The quantitative estimate of drug-likeness (QED) is 0.888. The van der Waals surface area contributed by atoms with Gasteiger partial charge in [-0.25, -0.2) is 0 Å². The van der Waals surface area contributed by atoms with E-state index in [0.717, 1.165) is 24.2 Å². The molecule has 1 aromatic carbocycles. The first-order valence-electron chi connectivity index (χ1n) is 6.85. The van der Waals surface area contributed by atoms with Crippen molar-refractivity contribution in [3.63, 3.8) is 0 Å². The minimum Gasteiger partial charge on any atom is -0.340 e. The molecule has 5 nitrogen and oxygen atoms in total. The van der Waals surface area contributed by atoms with Gasteiger partial charge in [0.1, 0.15) is 0 Å².